The number of imidazole rings is 1. The predicted molar refractivity (Wildman–Crippen MR) is 127 cm³/mol. The Morgan fingerprint density at radius 3 is 2.76 bits per heavy atom. The van der Waals surface area contributed by atoms with Gasteiger partial charge in [-0.05, 0) is 37.0 Å². The van der Waals surface area contributed by atoms with E-state index in [1.807, 2.05) is 24.3 Å². The highest BCUT2D eigenvalue weighted by atomic mass is 16.5. The zero-order valence-electron chi connectivity index (χ0n) is 18.3. The highest BCUT2D eigenvalue weighted by molar-refractivity contribution is 6.04. The van der Waals surface area contributed by atoms with Crippen molar-refractivity contribution >= 4 is 28.6 Å². The molecule has 9 nitrogen and oxygen atoms in total. The third-order valence-corrected chi connectivity index (χ3v) is 5.75. The third kappa shape index (κ3) is 3.93. The Morgan fingerprint density at radius 1 is 1.12 bits per heavy atom. The summed E-state index contributed by atoms with van der Waals surface area (Å²) in [6, 6.07) is 15.7. The molecule has 5 rings (SSSR count). The predicted octanol–water partition coefficient (Wildman–Crippen LogP) is 3.28. The largest absolute Gasteiger partial charge is 0.468 e. The number of nitrogens with one attached hydrogen (secondary N) is 2. The van der Waals surface area contributed by atoms with Crippen LogP contribution in [-0.4, -0.2) is 39.1 Å². The number of primary amides is 1. The van der Waals surface area contributed by atoms with E-state index in [1.54, 1.807) is 16.7 Å². The van der Waals surface area contributed by atoms with Crippen molar-refractivity contribution in [3.63, 3.8) is 0 Å². The molecule has 0 spiro atoms. The first-order valence-electron chi connectivity index (χ1n) is 10.9. The zero-order chi connectivity index (χ0) is 22.8. The molecule has 0 bridgehead atoms. The van der Waals surface area contributed by atoms with Gasteiger partial charge in [0.05, 0.1) is 18.2 Å². The maximum atomic E-state index is 11.9. The number of nitrogens with two attached hydrogens (primary N) is 1. The average Bonchev–Trinajstić information content (AvgIpc) is 3.05. The summed E-state index contributed by atoms with van der Waals surface area (Å²) in [5.41, 5.74) is 9.20. The normalized spacial score (nSPS) is 13.1. The number of anilines is 2. The summed E-state index contributed by atoms with van der Waals surface area (Å²) in [5.74, 6) is 1.41. The molecule has 0 atom stereocenters. The highest BCUT2D eigenvalue weighted by Crippen LogP contribution is 2.31. The van der Waals surface area contributed by atoms with Crippen LogP contribution in [0.5, 0.6) is 6.01 Å². The van der Waals surface area contributed by atoms with Gasteiger partial charge in [-0.1, -0.05) is 36.4 Å². The molecule has 1 aliphatic heterocycles. The third-order valence-electron chi connectivity index (χ3n) is 5.75. The quantitative estimate of drug-likeness (QED) is 0.418. The SMILES string of the molecule is COc1nc2c(C(N)=O)cccc2n1-c1nc2c(c(NCc3ccccc3)n1)CCCCN2. The van der Waals surface area contributed by atoms with Crippen LogP contribution in [0.15, 0.2) is 48.5 Å². The number of ether oxygens (including phenoxy) is 1. The zero-order valence-corrected chi connectivity index (χ0v) is 18.3. The number of hydrogen-bond acceptors (Lipinski definition) is 7. The van der Waals surface area contributed by atoms with Crippen molar-refractivity contribution in [1.82, 2.24) is 19.5 Å². The summed E-state index contributed by atoms with van der Waals surface area (Å²) in [4.78, 5) is 26.2. The topological polar surface area (TPSA) is 120 Å². The van der Waals surface area contributed by atoms with Gasteiger partial charge in [-0.15, -0.1) is 0 Å². The maximum Gasteiger partial charge on any atom is 0.304 e. The molecule has 0 saturated heterocycles. The van der Waals surface area contributed by atoms with Gasteiger partial charge >= 0.3 is 6.01 Å². The molecular weight excluding hydrogens is 418 g/mol. The van der Waals surface area contributed by atoms with Crippen molar-refractivity contribution in [3.8, 4) is 12.0 Å². The van der Waals surface area contributed by atoms with Crippen LogP contribution in [0.4, 0.5) is 11.6 Å². The smallest absolute Gasteiger partial charge is 0.304 e. The molecule has 0 unspecified atom stereocenters. The van der Waals surface area contributed by atoms with Gasteiger partial charge in [-0.2, -0.15) is 15.0 Å². The number of benzene rings is 2. The second-order valence-corrected chi connectivity index (χ2v) is 7.89. The van der Waals surface area contributed by atoms with E-state index in [2.05, 4.69) is 27.8 Å². The van der Waals surface area contributed by atoms with E-state index in [9.17, 15) is 4.79 Å². The summed E-state index contributed by atoms with van der Waals surface area (Å²) in [5, 5.41) is 6.94. The minimum absolute atomic E-state index is 0.279. The molecule has 4 aromatic rings. The van der Waals surface area contributed by atoms with Crippen LogP contribution in [0.3, 0.4) is 0 Å². The molecule has 3 heterocycles. The van der Waals surface area contributed by atoms with Gasteiger partial charge in [0, 0.05) is 18.7 Å². The number of methoxy groups -OCH3 is 1. The Bertz CT molecular complexity index is 1320. The average molecular weight is 444 g/mol. The van der Waals surface area contributed by atoms with Crippen molar-refractivity contribution in [2.45, 2.75) is 25.8 Å². The molecule has 1 aliphatic rings. The first kappa shape index (κ1) is 20.7. The van der Waals surface area contributed by atoms with Crippen molar-refractivity contribution in [1.29, 1.82) is 0 Å². The standard InChI is InChI=1S/C24H25N7O2/c1-33-24-28-19-16(20(25)32)11-7-12-18(19)31(24)23-29-21-17(10-5-6-13-26-21)22(30-23)27-14-15-8-3-2-4-9-15/h2-4,7-9,11-12H,5-6,10,13-14H2,1H3,(H2,25,32)(H2,26,27,29,30). The number of amides is 1. The number of para-hydroxylation sites is 1. The van der Waals surface area contributed by atoms with Crippen molar-refractivity contribution in [3.05, 3.63) is 65.2 Å². The first-order chi connectivity index (χ1) is 16.2. The second kappa shape index (κ2) is 8.78. The van der Waals surface area contributed by atoms with Gasteiger partial charge in [0.25, 0.3) is 5.91 Å². The van der Waals surface area contributed by atoms with Crippen LogP contribution in [0, 0.1) is 0 Å². The number of aromatic nitrogens is 4. The van der Waals surface area contributed by atoms with Gasteiger partial charge in [0.15, 0.2) is 0 Å². The van der Waals surface area contributed by atoms with E-state index in [-0.39, 0.29) is 6.01 Å². The molecule has 168 valence electrons. The van der Waals surface area contributed by atoms with Gasteiger partial charge in [0.2, 0.25) is 5.95 Å². The van der Waals surface area contributed by atoms with Crippen molar-refractivity contribution in [2.24, 2.45) is 5.73 Å². The Hall–Kier alpha value is -4.14. The molecule has 0 aliphatic carbocycles. The Morgan fingerprint density at radius 2 is 1.97 bits per heavy atom. The van der Waals surface area contributed by atoms with Gasteiger partial charge < -0.3 is 21.1 Å². The lowest BCUT2D eigenvalue weighted by molar-refractivity contribution is 0.100. The van der Waals surface area contributed by atoms with E-state index in [0.717, 1.165) is 48.6 Å². The van der Waals surface area contributed by atoms with Crippen LogP contribution in [0.25, 0.3) is 17.0 Å². The van der Waals surface area contributed by atoms with E-state index in [4.69, 9.17) is 20.4 Å². The van der Waals surface area contributed by atoms with Crippen LogP contribution in [0.2, 0.25) is 0 Å². The molecule has 2 aromatic carbocycles. The molecule has 4 N–H and O–H groups in total. The van der Waals surface area contributed by atoms with Crippen molar-refractivity contribution < 1.29 is 9.53 Å². The minimum Gasteiger partial charge on any atom is -0.468 e. The summed E-state index contributed by atoms with van der Waals surface area (Å²) < 4.78 is 7.25. The molecule has 0 saturated carbocycles. The van der Waals surface area contributed by atoms with Gasteiger partial charge in [-0.3, -0.25) is 4.79 Å². The number of nitrogens with zero attached hydrogens (tertiary/aromatic N) is 4. The van der Waals surface area contributed by atoms with Crippen LogP contribution in [0.1, 0.15) is 34.3 Å². The lowest BCUT2D eigenvalue weighted by Crippen LogP contribution is -2.13. The summed E-state index contributed by atoms with van der Waals surface area (Å²) >= 11 is 0. The molecule has 1 amide bonds. The lowest BCUT2D eigenvalue weighted by atomic mass is 10.1. The first-order valence-corrected chi connectivity index (χ1v) is 10.9. The molecule has 9 heteroatoms. The number of fused-ring (bicyclic) bond motifs is 2. The fourth-order valence-corrected chi connectivity index (χ4v) is 4.12. The second-order valence-electron chi connectivity index (χ2n) is 7.89. The van der Waals surface area contributed by atoms with E-state index in [0.29, 0.717) is 29.1 Å². The Balaban J connectivity index is 1.65. The molecule has 0 radical (unpaired) electrons. The minimum atomic E-state index is -0.553. The maximum absolute atomic E-state index is 11.9. The summed E-state index contributed by atoms with van der Waals surface area (Å²) in [6.07, 6.45) is 3.00. The molecule has 0 fully saturated rings. The Labute approximate surface area is 191 Å². The van der Waals surface area contributed by atoms with Crippen LogP contribution < -0.4 is 21.1 Å². The van der Waals surface area contributed by atoms with Crippen LogP contribution >= 0.6 is 0 Å². The number of rotatable bonds is 6. The fraction of sp³-hybridized carbons (Fsp3) is 0.250. The summed E-state index contributed by atoms with van der Waals surface area (Å²) in [6.45, 7) is 1.48. The van der Waals surface area contributed by atoms with Crippen molar-refractivity contribution in [2.75, 3.05) is 24.3 Å². The van der Waals surface area contributed by atoms with E-state index < -0.39 is 5.91 Å². The highest BCUT2D eigenvalue weighted by Gasteiger charge is 2.23. The van der Waals surface area contributed by atoms with Gasteiger partial charge in [-0.25, -0.2) is 4.57 Å². The van der Waals surface area contributed by atoms with Gasteiger partial charge in [0.1, 0.15) is 17.2 Å². The molecule has 33 heavy (non-hydrogen) atoms. The van der Waals surface area contributed by atoms with E-state index >= 15 is 0 Å². The summed E-state index contributed by atoms with van der Waals surface area (Å²) in [7, 11) is 1.53. The number of carbonyl (C=O) groups is 1. The van der Waals surface area contributed by atoms with E-state index in [1.165, 1.54) is 7.11 Å². The number of carbonyl (C=O) groups excluding carboxylic acids is 1. The fourth-order valence-electron chi connectivity index (χ4n) is 4.12. The lowest BCUT2D eigenvalue weighted by Gasteiger charge is -2.16. The molecular formula is C24H25N7O2. The molecule has 2 aromatic heterocycles. The van der Waals surface area contributed by atoms with Crippen LogP contribution in [-0.2, 0) is 13.0 Å². The monoisotopic (exact) mass is 443 g/mol. The Kier molecular flexibility index (Phi) is 5.52. The number of hydrogen-bond donors (Lipinski definition) is 3.